The molecule has 3 nitrogen and oxygen atoms in total. The second-order valence-electron chi connectivity index (χ2n) is 11.3. The summed E-state index contributed by atoms with van der Waals surface area (Å²) in [5.74, 6) is 0.828. The zero-order valence-corrected chi connectivity index (χ0v) is 16.1. The van der Waals surface area contributed by atoms with E-state index >= 15 is 0 Å². The van der Waals surface area contributed by atoms with Crippen LogP contribution in [0.4, 0.5) is 0 Å². The number of hydrogen-bond donors (Lipinski definition) is 2. The van der Waals surface area contributed by atoms with E-state index in [9.17, 15) is 10.2 Å². The van der Waals surface area contributed by atoms with Crippen molar-refractivity contribution in [1.29, 1.82) is 0 Å². The zero-order chi connectivity index (χ0) is 17.5. The maximum Gasteiger partial charge on any atom is 0.161 e. The van der Waals surface area contributed by atoms with Gasteiger partial charge in [-0.1, -0.05) is 48.5 Å². The third-order valence-electron chi connectivity index (χ3n) is 7.37. The lowest BCUT2D eigenvalue weighted by Crippen LogP contribution is -2.51. The van der Waals surface area contributed by atoms with E-state index in [0.29, 0.717) is 11.8 Å². The average molecular weight is 325 g/mol. The Hall–Kier alpha value is -0.120. The van der Waals surface area contributed by atoms with Crippen LogP contribution < -0.4 is 0 Å². The SMILES string of the molecule is CC(C)(C)CC(C)(C(O)OC12CC3CC1CC3(O)C2)C(C)(C)C. The normalized spacial score (nSPS) is 43.2. The molecular formula is C20H36O3. The average Bonchev–Trinajstić information content (AvgIpc) is 2.92. The van der Waals surface area contributed by atoms with Crippen molar-refractivity contribution in [2.75, 3.05) is 0 Å². The Morgan fingerprint density at radius 1 is 1.04 bits per heavy atom. The summed E-state index contributed by atoms with van der Waals surface area (Å²) in [5.41, 5.74) is -1.05. The molecule has 6 atom stereocenters. The van der Waals surface area contributed by atoms with Crippen LogP contribution in [-0.4, -0.2) is 27.7 Å². The Bertz CT molecular complexity index is 488. The summed E-state index contributed by atoms with van der Waals surface area (Å²) in [7, 11) is 0. The van der Waals surface area contributed by atoms with Crippen LogP contribution >= 0.6 is 0 Å². The minimum atomic E-state index is -0.788. The summed E-state index contributed by atoms with van der Waals surface area (Å²) in [4.78, 5) is 0. The molecule has 4 rings (SSSR count). The summed E-state index contributed by atoms with van der Waals surface area (Å²) in [6, 6.07) is 0. The van der Waals surface area contributed by atoms with Crippen molar-refractivity contribution in [3.63, 3.8) is 0 Å². The molecule has 0 aromatic heterocycles. The largest absolute Gasteiger partial charge is 0.389 e. The highest BCUT2D eigenvalue weighted by molar-refractivity contribution is 5.22. The van der Waals surface area contributed by atoms with Crippen LogP contribution in [0.5, 0.6) is 0 Å². The van der Waals surface area contributed by atoms with E-state index < -0.39 is 11.9 Å². The van der Waals surface area contributed by atoms with Crippen molar-refractivity contribution in [1.82, 2.24) is 0 Å². The van der Waals surface area contributed by atoms with Crippen molar-refractivity contribution in [2.45, 2.75) is 98.1 Å². The topological polar surface area (TPSA) is 49.7 Å². The van der Waals surface area contributed by atoms with Gasteiger partial charge in [0.1, 0.15) is 0 Å². The van der Waals surface area contributed by atoms with Gasteiger partial charge >= 0.3 is 0 Å². The summed E-state index contributed by atoms with van der Waals surface area (Å²) in [6.45, 7) is 15.4. The van der Waals surface area contributed by atoms with Gasteiger partial charge < -0.3 is 14.9 Å². The van der Waals surface area contributed by atoms with Gasteiger partial charge in [-0.05, 0) is 48.3 Å². The predicted octanol–water partition coefficient (Wildman–Crippen LogP) is 4.11. The van der Waals surface area contributed by atoms with Gasteiger partial charge in [-0.2, -0.15) is 0 Å². The molecule has 3 heteroatoms. The molecule has 0 aromatic rings. The molecule has 2 N–H and O–H groups in total. The molecule has 0 amide bonds. The van der Waals surface area contributed by atoms with Gasteiger partial charge in [0.15, 0.2) is 6.29 Å². The monoisotopic (exact) mass is 324 g/mol. The number of hydrogen-bond acceptors (Lipinski definition) is 3. The van der Waals surface area contributed by atoms with Crippen molar-refractivity contribution in [2.24, 2.45) is 28.1 Å². The molecular weight excluding hydrogens is 288 g/mol. The number of aliphatic hydroxyl groups excluding tert-OH is 1. The minimum Gasteiger partial charge on any atom is -0.389 e. The van der Waals surface area contributed by atoms with E-state index in [0.717, 1.165) is 32.1 Å². The standard InChI is InChI=1S/C20H36O3/c1-16(2,3)11-18(7,17(4,5)6)15(21)23-20-10-13-8-14(20)9-19(13,22)12-20/h13-15,21-22H,8-12H2,1-7H3. The summed E-state index contributed by atoms with van der Waals surface area (Å²) >= 11 is 0. The lowest BCUT2D eigenvalue weighted by atomic mass is 9.60. The fourth-order valence-electron chi connectivity index (χ4n) is 5.81. The molecule has 0 saturated heterocycles. The molecule has 4 bridgehead atoms. The maximum absolute atomic E-state index is 11.2. The van der Waals surface area contributed by atoms with Crippen LogP contribution in [-0.2, 0) is 4.74 Å². The first-order valence-electron chi connectivity index (χ1n) is 9.29. The molecule has 23 heavy (non-hydrogen) atoms. The molecule has 0 radical (unpaired) electrons. The van der Waals surface area contributed by atoms with E-state index in [2.05, 4.69) is 48.5 Å². The van der Waals surface area contributed by atoms with Crippen LogP contribution in [0.3, 0.4) is 0 Å². The Morgan fingerprint density at radius 3 is 1.96 bits per heavy atom. The molecule has 4 aliphatic rings. The predicted molar refractivity (Wildman–Crippen MR) is 91.9 cm³/mol. The molecule has 4 fully saturated rings. The fourth-order valence-corrected chi connectivity index (χ4v) is 5.81. The highest BCUT2D eigenvalue weighted by Gasteiger charge is 2.72. The van der Waals surface area contributed by atoms with Crippen LogP contribution in [0.15, 0.2) is 0 Å². The Kier molecular flexibility index (Phi) is 3.64. The van der Waals surface area contributed by atoms with E-state index in [1.165, 1.54) is 0 Å². The van der Waals surface area contributed by atoms with Crippen LogP contribution in [0, 0.1) is 28.1 Å². The smallest absolute Gasteiger partial charge is 0.161 e. The molecule has 4 saturated carbocycles. The highest BCUT2D eigenvalue weighted by Crippen LogP contribution is 2.69. The molecule has 134 valence electrons. The van der Waals surface area contributed by atoms with Crippen LogP contribution in [0.1, 0.15) is 80.6 Å². The third kappa shape index (κ3) is 2.58. The van der Waals surface area contributed by atoms with E-state index in [1.807, 2.05) is 0 Å². The van der Waals surface area contributed by atoms with E-state index in [-0.39, 0.29) is 21.8 Å². The molecule has 0 aromatic carbocycles. The van der Waals surface area contributed by atoms with Gasteiger partial charge in [0, 0.05) is 11.8 Å². The third-order valence-corrected chi connectivity index (χ3v) is 7.37. The summed E-state index contributed by atoms with van der Waals surface area (Å²) in [6.07, 6.45) is 3.72. The van der Waals surface area contributed by atoms with Gasteiger partial charge in [-0.25, -0.2) is 0 Å². The first-order valence-corrected chi connectivity index (χ1v) is 9.29. The molecule has 6 unspecified atom stereocenters. The highest BCUT2D eigenvalue weighted by atomic mass is 16.6. The van der Waals surface area contributed by atoms with Crippen molar-refractivity contribution in [3.05, 3.63) is 0 Å². The van der Waals surface area contributed by atoms with Crippen molar-refractivity contribution < 1.29 is 14.9 Å². The van der Waals surface area contributed by atoms with Gasteiger partial charge in [-0.3, -0.25) is 0 Å². The maximum atomic E-state index is 11.2. The lowest BCUT2D eigenvalue weighted by molar-refractivity contribution is -0.265. The van der Waals surface area contributed by atoms with Gasteiger partial charge in [-0.15, -0.1) is 0 Å². The fraction of sp³-hybridized carbons (Fsp3) is 1.00. The van der Waals surface area contributed by atoms with Crippen LogP contribution in [0.2, 0.25) is 0 Å². The zero-order valence-electron chi connectivity index (χ0n) is 16.1. The summed E-state index contributed by atoms with van der Waals surface area (Å²) in [5, 5.41) is 21.9. The van der Waals surface area contributed by atoms with Crippen molar-refractivity contribution in [3.8, 4) is 0 Å². The molecule has 0 aliphatic heterocycles. The second-order valence-corrected chi connectivity index (χ2v) is 11.3. The number of rotatable bonds is 4. The number of ether oxygens (including phenoxy) is 1. The Morgan fingerprint density at radius 2 is 1.65 bits per heavy atom. The quantitative estimate of drug-likeness (QED) is 0.765. The van der Waals surface area contributed by atoms with Gasteiger partial charge in [0.05, 0.1) is 11.2 Å². The molecule has 0 spiro atoms. The Balaban J connectivity index is 1.82. The molecule has 4 aliphatic carbocycles. The second kappa shape index (κ2) is 4.74. The van der Waals surface area contributed by atoms with E-state index in [4.69, 9.17) is 4.74 Å². The molecule has 0 heterocycles. The van der Waals surface area contributed by atoms with E-state index in [1.54, 1.807) is 0 Å². The lowest BCUT2D eigenvalue weighted by Gasteiger charge is -2.50. The Labute approximate surface area is 141 Å². The first-order chi connectivity index (χ1) is 10.2. The van der Waals surface area contributed by atoms with Crippen LogP contribution in [0.25, 0.3) is 0 Å². The minimum absolute atomic E-state index is 0.0627. The van der Waals surface area contributed by atoms with Gasteiger partial charge in [0.25, 0.3) is 0 Å². The van der Waals surface area contributed by atoms with Crippen molar-refractivity contribution >= 4 is 0 Å². The summed E-state index contributed by atoms with van der Waals surface area (Å²) < 4.78 is 6.44. The number of aliphatic hydroxyl groups is 2. The van der Waals surface area contributed by atoms with Gasteiger partial charge in [0.2, 0.25) is 0 Å². The first kappa shape index (κ1) is 17.7.